The zero-order valence-electron chi connectivity index (χ0n) is 10.3. The molecule has 3 N–H and O–H groups in total. The van der Waals surface area contributed by atoms with Crippen LogP contribution in [-0.2, 0) is 4.79 Å². The number of hydrogen-bond donors (Lipinski definition) is 2. The lowest BCUT2D eigenvalue weighted by molar-refractivity contribution is -0.139. The predicted molar refractivity (Wildman–Crippen MR) is 67.3 cm³/mol. The Labute approximate surface area is 101 Å². The maximum absolute atomic E-state index is 11.3. The largest absolute Gasteiger partial charge is 0.497 e. The number of methoxy groups -OCH3 is 1. The number of rotatable bonds is 6. The number of nitrogen functional groups attached to an aromatic ring is 1. The molecule has 1 atom stereocenters. The van der Waals surface area contributed by atoms with Crippen LogP contribution in [0.4, 0.5) is 5.69 Å². The maximum Gasteiger partial charge on any atom is 0.311 e. The number of carboxylic acid groups (broad SMARTS) is 1. The first-order chi connectivity index (χ1) is 8.10. The number of benzene rings is 1. The summed E-state index contributed by atoms with van der Waals surface area (Å²) in [5.74, 6) is -0.750. The van der Waals surface area contributed by atoms with Crippen molar-refractivity contribution in [3.8, 4) is 5.75 Å². The second-order valence-corrected chi connectivity index (χ2v) is 4.03. The molecule has 0 radical (unpaired) electrons. The van der Waals surface area contributed by atoms with E-state index in [-0.39, 0.29) is 0 Å². The van der Waals surface area contributed by atoms with E-state index in [0.717, 1.165) is 12.8 Å². The molecule has 0 saturated heterocycles. The molecule has 0 spiro atoms. The van der Waals surface area contributed by atoms with Gasteiger partial charge in [-0.1, -0.05) is 19.8 Å². The highest BCUT2D eigenvalue weighted by molar-refractivity contribution is 5.78. The third-order valence-corrected chi connectivity index (χ3v) is 2.81. The lowest BCUT2D eigenvalue weighted by Crippen LogP contribution is -2.13. The molecule has 0 aliphatic rings. The first kappa shape index (κ1) is 13.4. The number of anilines is 1. The summed E-state index contributed by atoms with van der Waals surface area (Å²) in [7, 11) is 1.55. The van der Waals surface area contributed by atoms with Crippen molar-refractivity contribution in [1.29, 1.82) is 0 Å². The summed E-state index contributed by atoms with van der Waals surface area (Å²) < 4.78 is 5.10. The second kappa shape index (κ2) is 6.13. The summed E-state index contributed by atoms with van der Waals surface area (Å²) in [6.07, 6.45) is 2.43. The van der Waals surface area contributed by atoms with Gasteiger partial charge >= 0.3 is 5.97 Å². The molecule has 0 fully saturated rings. The van der Waals surface area contributed by atoms with Gasteiger partial charge in [0.15, 0.2) is 0 Å². The molecule has 4 heteroatoms. The summed E-state index contributed by atoms with van der Waals surface area (Å²) in [6, 6.07) is 5.14. The van der Waals surface area contributed by atoms with Crippen molar-refractivity contribution in [2.75, 3.05) is 12.8 Å². The molecular formula is C13H19NO3. The summed E-state index contributed by atoms with van der Waals surface area (Å²) in [4.78, 5) is 11.3. The molecule has 0 aliphatic heterocycles. The van der Waals surface area contributed by atoms with E-state index in [4.69, 9.17) is 10.5 Å². The van der Waals surface area contributed by atoms with Crippen LogP contribution in [0.2, 0.25) is 0 Å². The van der Waals surface area contributed by atoms with E-state index < -0.39 is 11.9 Å². The van der Waals surface area contributed by atoms with Gasteiger partial charge in [-0.2, -0.15) is 0 Å². The average Bonchev–Trinajstić information content (AvgIpc) is 2.31. The summed E-state index contributed by atoms with van der Waals surface area (Å²) in [6.45, 7) is 2.04. The number of carboxylic acids is 1. The fraction of sp³-hybridized carbons (Fsp3) is 0.462. The Morgan fingerprint density at radius 2 is 2.24 bits per heavy atom. The van der Waals surface area contributed by atoms with E-state index in [1.165, 1.54) is 0 Å². The molecule has 1 aromatic carbocycles. The van der Waals surface area contributed by atoms with Crippen LogP contribution in [0.3, 0.4) is 0 Å². The first-order valence-electron chi connectivity index (χ1n) is 5.76. The van der Waals surface area contributed by atoms with Gasteiger partial charge in [-0.05, 0) is 30.2 Å². The van der Waals surface area contributed by atoms with Crippen molar-refractivity contribution in [2.24, 2.45) is 0 Å². The van der Waals surface area contributed by atoms with Crippen LogP contribution in [0.15, 0.2) is 18.2 Å². The van der Waals surface area contributed by atoms with Crippen molar-refractivity contribution >= 4 is 11.7 Å². The molecule has 1 unspecified atom stereocenters. The van der Waals surface area contributed by atoms with Gasteiger partial charge in [-0.25, -0.2) is 0 Å². The molecule has 0 heterocycles. The molecular weight excluding hydrogens is 218 g/mol. The molecule has 0 aliphatic carbocycles. The van der Waals surface area contributed by atoms with Crippen LogP contribution in [-0.4, -0.2) is 18.2 Å². The lowest BCUT2D eigenvalue weighted by Gasteiger charge is -2.15. The van der Waals surface area contributed by atoms with Crippen molar-refractivity contribution in [1.82, 2.24) is 0 Å². The van der Waals surface area contributed by atoms with Crippen molar-refractivity contribution in [3.05, 3.63) is 23.8 Å². The topological polar surface area (TPSA) is 72.5 Å². The molecule has 0 aromatic heterocycles. The molecule has 0 bridgehead atoms. The molecule has 0 amide bonds. The highest BCUT2D eigenvalue weighted by Crippen LogP contribution is 2.30. The maximum atomic E-state index is 11.3. The number of unbranched alkanes of at least 4 members (excludes halogenated alkanes) is 1. The monoisotopic (exact) mass is 237 g/mol. The van der Waals surface area contributed by atoms with Crippen LogP contribution < -0.4 is 10.5 Å². The number of aliphatic carboxylic acids is 1. The number of hydrogen-bond acceptors (Lipinski definition) is 3. The minimum absolute atomic E-state index is 0.509. The third kappa shape index (κ3) is 3.37. The Hall–Kier alpha value is -1.71. The van der Waals surface area contributed by atoms with Crippen LogP contribution in [0.25, 0.3) is 0 Å². The van der Waals surface area contributed by atoms with Gasteiger partial charge in [0.2, 0.25) is 0 Å². The van der Waals surface area contributed by atoms with E-state index >= 15 is 0 Å². The minimum Gasteiger partial charge on any atom is -0.497 e. The molecule has 1 rings (SSSR count). The number of ether oxygens (including phenoxy) is 1. The standard InChI is InChI=1S/C13H19NO3/c1-3-4-5-10(13(15)16)11-8-9(17-2)6-7-12(11)14/h6-8,10H,3-5,14H2,1-2H3,(H,15,16). The van der Waals surface area contributed by atoms with E-state index in [1.807, 2.05) is 6.92 Å². The van der Waals surface area contributed by atoms with Gasteiger partial charge in [0.05, 0.1) is 13.0 Å². The van der Waals surface area contributed by atoms with Crippen LogP contribution in [0.5, 0.6) is 5.75 Å². The van der Waals surface area contributed by atoms with E-state index in [1.54, 1.807) is 25.3 Å². The van der Waals surface area contributed by atoms with Gasteiger partial charge in [-0.3, -0.25) is 4.79 Å². The summed E-state index contributed by atoms with van der Waals surface area (Å²) in [5, 5.41) is 9.24. The number of carbonyl (C=O) groups is 1. The molecule has 0 saturated carbocycles. The van der Waals surface area contributed by atoms with Crippen LogP contribution >= 0.6 is 0 Å². The first-order valence-corrected chi connectivity index (χ1v) is 5.76. The van der Waals surface area contributed by atoms with Gasteiger partial charge in [0, 0.05) is 5.69 Å². The lowest BCUT2D eigenvalue weighted by atomic mass is 9.92. The van der Waals surface area contributed by atoms with Gasteiger partial charge in [0.1, 0.15) is 5.75 Å². The Kier molecular flexibility index (Phi) is 4.82. The fourth-order valence-corrected chi connectivity index (χ4v) is 1.80. The van der Waals surface area contributed by atoms with Gasteiger partial charge in [-0.15, -0.1) is 0 Å². The van der Waals surface area contributed by atoms with Crippen molar-refractivity contribution in [2.45, 2.75) is 32.1 Å². The van der Waals surface area contributed by atoms with Crippen molar-refractivity contribution < 1.29 is 14.6 Å². The highest BCUT2D eigenvalue weighted by Gasteiger charge is 2.21. The zero-order valence-corrected chi connectivity index (χ0v) is 10.3. The summed E-state index contributed by atoms with van der Waals surface area (Å²) in [5.41, 5.74) is 6.99. The van der Waals surface area contributed by atoms with E-state index in [2.05, 4.69) is 0 Å². The van der Waals surface area contributed by atoms with E-state index in [9.17, 15) is 9.90 Å². The molecule has 94 valence electrons. The predicted octanol–water partition coefficient (Wildman–Crippen LogP) is 2.64. The Morgan fingerprint density at radius 1 is 1.53 bits per heavy atom. The van der Waals surface area contributed by atoms with E-state index in [0.29, 0.717) is 23.4 Å². The van der Waals surface area contributed by atoms with Gasteiger partial charge < -0.3 is 15.6 Å². The minimum atomic E-state index is -0.835. The highest BCUT2D eigenvalue weighted by atomic mass is 16.5. The Bertz CT molecular complexity index is 390. The van der Waals surface area contributed by atoms with Crippen LogP contribution in [0.1, 0.15) is 37.7 Å². The van der Waals surface area contributed by atoms with Crippen molar-refractivity contribution in [3.63, 3.8) is 0 Å². The SMILES string of the molecule is CCCCC(C(=O)O)c1cc(OC)ccc1N. The van der Waals surface area contributed by atoms with Gasteiger partial charge in [0.25, 0.3) is 0 Å². The van der Waals surface area contributed by atoms with Crippen LogP contribution in [0, 0.1) is 0 Å². The third-order valence-electron chi connectivity index (χ3n) is 2.81. The average molecular weight is 237 g/mol. The molecule has 4 nitrogen and oxygen atoms in total. The smallest absolute Gasteiger partial charge is 0.311 e. The Morgan fingerprint density at radius 3 is 2.76 bits per heavy atom. The fourth-order valence-electron chi connectivity index (χ4n) is 1.80. The molecule has 1 aromatic rings. The second-order valence-electron chi connectivity index (χ2n) is 4.03. The normalized spacial score (nSPS) is 12.1. The Balaban J connectivity index is 3.03. The molecule has 17 heavy (non-hydrogen) atoms. The summed E-state index contributed by atoms with van der Waals surface area (Å²) >= 11 is 0. The number of nitrogens with two attached hydrogens (primary N) is 1. The zero-order chi connectivity index (χ0) is 12.8. The quantitative estimate of drug-likeness (QED) is 0.746.